The predicted molar refractivity (Wildman–Crippen MR) is 120 cm³/mol. The fourth-order valence-corrected chi connectivity index (χ4v) is 3.51. The molecule has 1 heterocycles. The second-order valence-electron chi connectivity index (χ2n) is 7.79. The van der Waals surface area contributed by atoms with Crippen LogP contribution in [0.5, 0.6) is 11.5 Å². The lowest BCUT2D eigenvalue weighted by Crippen LogP contribution is -2.65. The minimum Gasteiger partial charge on any atom is -0.430 e. The van der Waals surface area contributed by atoms with Crippen LogP contribution in [0, 0.1) is 0 Å². The number of carbonyl (C=O) groups is 4. The summed E-state index contributed by atoms with van der Waals surface area (Å²) in [7, 11) is 0. The van der Waals surface area contributed by atoms with Gasteiger partial charge in [0.1, 0.15) is 41.4 Å². The van der Waals surface area contributed by atoms with Crippen LogP contribution in [0.2, 0.25) is 0 Å². The lowest BCUT2D eigenvalue weighted by Gasteiger charge is -2.41. The third-order valence-electron chi connectivity index (χ3n) is 5.15. The van der Waals surface area contributed by atoms with Crippen LogP contribution in [0.25, 0.3) is 0 Å². The van der Waals surface area contributed by atoms with E-state index < -0.39 is 61.1 Å². The molecule has 192 valence electrons. The standard InChI is InChI=1S/C24H25NO11/c1-12(27)33-16-9-5-3-7-14(16)22(31)25-19-21(30)20(29)18(11-26)35-24(19)36-23(32)15-8-4-6-10-17(15)34-13(2)28/h3-10,18-21,24,26,29-30H,11H2,1-2H3,(H,25,31)/t18-,19-,20+,21-,24?/m1/s1. The number of aliphatic hydroxyl groups excluding tert-OH is 3. The Bertz CT molecular complexity index is 1130. The molecule has 4 N–H and O–H groups in total. The summed E-state index contributed by atoms with van der Waals surface area (Å²) in [5.41, 5.74) is -0.230. The molecule has 0 saturated carbocycles. The van der Waals surface area contributed by atoms with Crippen LogP contribution in [-0.2, 0) is 19.1 Å². The molecule has 3 rings (SSSR count). The number of nitrogens with one attached hydrogen (secondary N) is 1. The van der Waals surface area contributed by atoms with Gasteiger partial charge in [0.2, 0.25) is 6.29 Å². The number of benzene rings is 2. The maximum Gasteiger partial charge on any atom is 0.344 e. The van der Waals surface area contributed by atoms with Gasteiger partial charge in [-0.05, 0) is 24.3 Å². The highest BCUT2D eigenvalue weighted by Crippen LogP contribution is 2.27. The van der Waals surface area contributed by atoms with Crippen molar-refractivity contribution in [2.75, 3.05) is 6.61 Å². The van der Waals surface area contributed by atoms with E-state index in [-0.39, 0.29) is 22.6 Å². The molecule has 12 nitrogen and oxygen atoms in total. The lowest BCUT2D eigenvalue weighted by molar-refractivity contribution is -0.251. The van der Waals surface area contributed by atoms with E-state index in [4.69, 9.17) is 18.9 Å². The van der Waals surface area contributed by atoms with Gasteiger partial charge in [0.15, 0.2) is 0 Å². The van der Waals surface area contributed by atoms with Gasteiger partial charge in [-0.3, -0.25) is 14.4 Å². The van der Waals surface area contributed by atoms with Gasteiger partial charge in [0, 0.05) is 13.8 Å². The molecule has 1 fully saturated rings. The van der Waals surface area contributed by atoms with Gasteiger partial charge in [0.25, 0.3) is 5.91 Å². The van der Waals surface area contributed by atoms with E-state index >= 15 is 0 Å². The number of ether oxygens (including phenoxy) is 4. The predicted octanol–water partition coefficient (Wildman–Crippen LogP) is -0.0684. The molecule has 5 atom stereocenters. The normalized spacial score (nSPS) is 23.3. The first kappa shape index (κ1) is 26.8. The van der Waals surface area contributed by atoms with Gasteiger partial charge in [-0.15, -0.1) is 0 Å². The third kappa shape index (κ3) is 6.23. The van der Waals surface area contributed by atoms with Crippen molar-refractivity contribution >= 4 is 23.8 Å². The number of aliphatic hydroxyl groups is 3. The number of esters is 3. The summed E-state index contributed by atoms with van der Waals surface area (Å²) in [5, 5.41) is 32.9. The monoisotopic (exact) mass is 503 g/mol. The number of rotatable bonds is 7. The van der Waals surface area contributed by atoms with Crippen LogP contribution in [0.4, 0.5) is 0 Å². The molecule has 12 heteroatoms. The maximum atomic E-state index is 13.0. The SMILES string of the molecule is CC(=O)Oc1ccccc1C(=O)N[C@H]1C(OC(=O)c2ccccc2OC(C)=O)O[C@H](CO)[C@H](O)[C@@H]1O. The Kier molecular flexibility index (Phi) is 8.72. The molecule has 36 heavy (non-hydrogen) atoms. The number of hydrogen-bond donors (Lipinski definition) is 4. The van der Waals surface area contributed by atoms with E-state index in [1.165, 1.54) is 48.5 Å². The quantitative estimate of drug-likeness (QED) is 0.294. The van der Waals surface area contributed by atoms with Gasteiger partial charge in [0.05, 0.1) is 12.2 Å². The summed E-state index contributed by atoms with van der Waals surface area (Å²) in [6.45, 7) is 1.57. The van der Waals surface area contributed by atoms with E-state index in [1.807, 2.05) is 0 Å². The molecule has 1 saturated heterocycles. The van der Waals surface area contributed by atoms with Crippen molar-refractivity contribution in [2.24, 2.45) is 0 Å². The summed E-state index contributed by atoms with van der Waals surface area (Å²) in [6, 6.07) is 9.97. The highest BCUT2D eigenvalue weighted by Gasteiger charge is 2.47. The Morgan fingerprint density at radius 2 is 1.39 bits per heavy atom. The average molecular weight is 503 g/mol. The van der Waals surface area contributed by atoms with Gasteiger partial charge < -0.3 is 39.6 Å². The molecule has 0 aliphatic carbocycles. The molecular weight excluding hydrogens is 478 g/mol. The molecule has 2 aromatic carbocycles. The van der Waals surface area contributed by atoms with Crippen LogP contribution >= 0.6 is 0 Å². The van der Waals surface area contributed by atoms with Crippen molar-refractivity contribution in [3.8, 4) is 11.5 Å². The Labute approximate surface area is 205 Å². The third-order valence-corrected chi connectivity index (χ3v) is 5.15. The minimum absolute atomic E-state index is 0.0636. The summed E-state index contributed by atoms with van der Waals surface area (Å²) in [6.07, 6.45) is -6.40. The number of para-hydroxylation sites is 2. The van der Waals surface area contributed by atoms with Crippen LogP contribution in [0.3, 0.4) is 0 Å². The molecule has 1 aliphatic heterocycles. The van der Waals surface area contributed by atoms with Crippen molar-refractivity contribution in [3.05, 3.63) is 59.7 Å². The van der Waals surface area contributed by atoms with Gasteiger partial charge in [-0.25, -0.2) is 4.79 Å². The molecular formula is C24H25NO11. The first-order chi connectivity index (χ1) is 17.1. The maximum absolute atomic E-state index is 13.0. The fourth-order valence-electron chi connectivity index (χ4n) is 3.51. The van der Waals surface area contributed by atoms with E-state index in [0.29, 0.717) is 0 Å². The molecule has 1 aliphatic rings. The molecule has 0 spiro atoms. The van der Waals surface area contributed by atoms with Crippen LogP contribution in [0.15, 0.2) is 48.5 Å². The summed E-state index contributed by atoms with van der Waals surface area (Å²) in [4.78, 5) is 48.7. The topological polar surface area (TPSA) is 178 Å². The molecule has 0 aromatic heterocycles. The van der Waals surface area contributed by atoms with E-state index in [1.54, 1.807) is 0 Å². The Morgan fingerprint density at radius 3 is 1.94 bits per heavy atom. The number of amides is 1. The van der Waals surface area contributed by atoms with E-state index in [2.05, 4.69) is 5.32 Å². The average Bonchev–Trinajstić information content (AvgIpc) is 2.83. The number of carbonyl (C=O) groups excluding carboxylic acids is 4. The molecule has 1 amide bonds. The van der Waals surface area contributed by atoms with Crippen molar-refractivity contribution in [3.63, 3.8) is 0 Å². The zero-order valence-electron chi connectivity index (χ0n) is 19.3. The second-order valence-corrected chi connectivity index (χ2v) is 7.79. The second kappa shape index (κ2) is 11.7. The van der Waals surface area contributed by atoms with Crippen molar-refractivity contribution in [1.29, 1.82) is 0 Å². The largest absolute Gasteiger partial charge is 0.430 e. The highest BCUT2D eigenvalue weighted by molar-refractivity contribution is 5.98. The van der Waals surface area contributed by atoms with Crippen molar-refractivity contribution in [2.45, 2.75) is 44.5 Å². The van der Waals surface area contributed by atoms with Crippen molar-refractivity contribution < 1.29 is 53.4 Å². The first-order valence-electron chi connectivity index (χ1n) is 10.8. The fraction of sp³-hybridized carbons (Fsp3) is 0.333. The van der Waals surface area contributed by atoms with Gasteiger partial charge in [-0.2, -0.15) is 0 Å². The Morgan fingerprint density at radius 1 is 0.861 bits per heavy atom. The minimum atomic E-state index is -1.73. The zero-order chi connectivity index (χ0) is 26.4. The van der Waals surface area contributed by atoms with Crippen molar-refractivity contribution in [1.82, 2.24) is 5.32 Å². The van der Waals surface area contributed by atoms with Crippen LogP contribution < -0.4 is 14.8 Å². The molecule has 2 aromatic rings. The molecule has 0 bridgehead atoms. The zero-order valence-corrected chi connectivity index (χ0v) is 19.3. The van der Waals surface area contributed by atoms with Gasteiger partial charge in [-0.1, -0.05) is 24.3 Å². The van der Waals surface area contributed by atoms with E-state index in [0.717, 1.165) is 13.8 Å². The van der Waals surface area contributed by atoms with Crippen LogP contribution in [0.1, 0.15) is 34.6 Å². The summed E-state index contributed by atoms with van der Waals surface area (Å²) in [5.74, 6) is -3.38. The molecule has 1 unspecified atom stereocenters. The van der Waals surface area contributed by atoms with Gasteiger partial charge >= 0.3 is 17.9 Å². The first-order valence-corrected chi connectivity index (χ1v) is 10.8. The Hall–Kier alpha value is -3.84. The number of hydrogen-bond acceptors (Lipinski definition) is 11. The highest BCUT2D eigenvalue weighted by atomic mass is 16.7. The summed E-state index contributed by atoms with van der Waals surface area (Å²) < 4.78 is 20.9. The Balaban J connectivity index is 1.88. The summed E-state index contributed by atoms with van der Waals surface area (Å²) >= 11 is 0. The smallest absolute Gasteiger partial charge is 0.344 e. The molecule has 0 radical (unpaired) electrons. The van der Waals surface area contributed by atoms with Crippen LogP contribution in [-0.4, -0.2) is 76.4 Å². The lowest BCUT2D eigenvalue weighted by atomic mass is 9.96. The van der Waals surface area contributed by atoms with E-state index in [9.17, 15) is 34.5 Å².